The van der Waals surface area contributed by atoms with Crippen LogP contribution in [0.15, 0.2) is 46.2 Å². The largest absolute Gasteiger partial charge is 0.447 e. The van der Waals surface area contributed by atoms with Crippen molar-refractivity contribution in [3.63, 3.8) is 0 Å². The molecule has 0 bridgehead atoms. The van der Waals surface area contributed by atoms with Gasteiger partial charge in [-0.05, 0) is 12.1 Å². The van der Waals surface area contributed by atoms with E-state index >= 15 is 0 Å². The van der Waals surface area contributed by atoms with Crippen LogP contribution < -0.4 is 5.32 Å². The van der Waals surface area contributed by atoms with Gasteiger partial charge in [-0.25, -0.2) is 4.98 Å². The number of hydrogen-bond donors (Lipinski definition) is 1. The minimum absolute atomic E-state index is 0.417. The summed E-state index contributed by atoms with van der Waals surface area (Å²) in [5.74, 6) is -1.77. The third-order valence-corrected chi connectivity index (χ3v) is 2.83. The van der Waals surface area contributed by atoms with Crippen LogP contribution in [0.3, 0.4) is 0 Å². The van der Waals surface area contributed by atoms with E-state index in [1.165, 1.54) is 6.39 Å². The van der Waals surface area contributed by atoms with Crippen molar-refractivity contribution in [2.45, 2.75) is 17.2 Å². The highest BCUT2D eigenvalue weighted by molar-refractivity contribution is 7.99. The van der Waals surface area contributed by atoms with Gasteiger partial charge in [0.05, 0.1) is 12.7 Å². The van der Waals surface area contributed by atoms with Crippen molar-refractivity contribution in [2.75, 3.05) is 5.32 Å². The molecule has 17 heavy (non-hydrogen) atoms. The maximum absolute atomic E-state index is 12.3. The van der Waals surface area contributed by atoms with Crippen molar-refractivity contribution in [2.24, 2.45) is 0 Å². The predicted octanol–water partition coefficient (Wildman–Crippen LogP) is 3.60. The topological polar surface area (TPSA) is 38.1 Å². The molecule has 0 fully saturated rings. The summed E-state index contributed by atoms with van der Waals surface area (Å²) in [6.07, 6.45) is 2.91. The standard InChI is InChI=1S/C11H10F2N2OS/c12-11(13)17-10-4-2-1-3-9(10)15-6-8-5-14-7-16-8/h1-5,7,11,15H,6H2. The fourth-order valence-electron chi connectivity index (χ4n) is 1.32. The van der Waals surface area contributed by atoms with Gasteiger partial charge in [-0.3, -0.25) is 0 Å². The van der Waals surface area contributed by atoms with Crippen molar-refractivity contribution in [1.82, 2.24) is 4.98 Å². The van der Waals surface area contributed by atoms with E-state index in [0.29, 0.717) is 34.6 Å². The Morgan fingerprint density at radius 1 is 1.35 bits per heavy atom. The van der Waals surface area contributed by atoms with Crippen LogP contribution in [-0.2, 0) is 6.54 Å². The Morgan fingerprint density at radius 3 is 2.88 bits per heavy atom. The zero-order valence-electron chi connectivity index (χ0n) is 8.77. The number of alkyl halides is 2. The number of halogens is 2. The number of para-hydroxylation sites is 1. The third-order valence-electron chi connectivity index (χ3n) is 2.04. The molecular formula is C11H10F2N2OS. The second-order valence-electron chi connectivity index (χ2n) is 3.20. The van der Waals surface area contributed by atoms with Crippen molar-refractivity contribution < 1.29 is 13.2 Å². The number of nitrogens with one attached hydrogen (secondary N) is 1. The predicted molar refractivity (Wildman–Crippen MR) is 62.1 cm³/mol. The lowest BCUT2D eigenvalue weighted by Gasteiger charge is -2.09. The van der Waals surface area contributed by atoms with Crippen molar-refractivity contribution in [3.8, 4) is 0 Å². The van der Waals surface area contributed by atoms with E-state index in [-0.39, 0.29) is 0 Å². The highest BCUT2D eigenvalue weighted by atomic mass is 32.2. The number of thioether (sulfide) groups is 1. The van der Waals surface area contributed by atoms with Gasteiger partial charge >= 0.3 is 0 Å². The number of benzene rings is 1. The molecule has 6 heteroatoms. The van der Waals surface area contributed by atoms with E-state index in [9.17, 15) is 8.78 Å². The summed E-state index contributed by atoms with van der Waals surface area (Å²) in [6, 6.07) is 6.92. The zero-order chi connectivity index (χ0) is 12.1. The zero-order valence-corrected chi connectivity index (χ0v) is 9.58. The maximum atomic E-state index is 12.3. The minimum Gasteiger partial charge on any atom is -0.447 e. The van der Waals surface area contributed by atoms with Crippen LogP contribution in [0.1, 0.15) is 5.76 Å². The number of nitrogens with zero attached hydrogens (tertiary/aromatic N) is 1. The van der Waals surface area contributed by atoms with Gasteiger partial charge in [-0.1, -0.05) is 23.9 Å². The Balaban J connectivity index is 2.04. The minimum atomic E-state index is -2.43. The SMILES string of the molecule is FC(F)Sc1ccccc1NCc1cnco1. The number of oxazole rings is 1. The van der Waals surface area contributed by atoms with E-state index < -0.39 is 5.76 Å². The van der Waals surface area contributed by atoms with Crippen LogP contribution >= 0.6 is 11.8 Å². The molecule has 3 nitrogen and oxygen atoms in total. The molecule has 0 radical (unpaired) electrons. The van der Waals surface area contributed by atoms with Crippen molar-refractivity contribution >= 4 is 17.4 Å². The molecule has 1 N–H and O–H groups in total. The fourth-order valence-corrected chi connectivity index (χ4v) is 1.94. The van der Waals surface area contributed by atoms with E-state index in [1.54, 1.807) is 30.5 Å². The molecule has 0 amide bonds. The number of aromatic nitrogens is 1. The lowest BCUT2D eigenvalue weighted by molar-refractivity contribution is 0.252. The molecule has 0 saturated heterocycles. The smallest absolute Gasteiger partial charge is 0.288 e. The monoisotopic (exact) mass is 256 g/mol. The van der Waals surface area contributed by atoms with Crippen LogP contribution in [0, 0.1) is 0 Å². The molecule has 0 saturated carbocycles. The van der Waals surface area contributed by atoms with E-state index in [1.807, 2.05) is 0 Å². The molecule has 1 heterocycles. The second kappa shape index (κ2) is 5.67. The normalized spacial score (nSPS) is 10.8. The highest BCUT2D eigenvalue weighted by Gasteiger charge is 2.09. The van der Waals surface area contributed by atoms with Gasteiger partial charge in [0.15, 0.2) is 6.39 Å². The molecule has 0 aliphatic heterocycles. The summed E-state index contributed by atoms with van der Waals surface area (Å²) < 4.78 is 29.7. The first-order valence-corrected chi connectivity index (χ1v) is 5.79. The van der Waals surface area contributed by atoms with Gasteiger partial charge in [-0.2, -0.15) is 8.78 Å². The lowest BCUT2D eigenvalue weighted by Crippen LogP contribution is -1.99. The average molecular weight is 256 g/mol. The third kappa shape index (κ3) is 3.45. The van der Waals surface area contributed by atoms with Crippen LogP contribution in [-0.4, -0.2) is 10.7 Å². The number of anilines is 1. The highest BCUT2D eigenvalue weighted by Crippen LogP contribution is 2.31. The first kappa shape index (κ1) is 11.9. The first-order valence-electron chi connectivity index (χ1n) is 4.91. The summed E-state index contributed by atoms with van der Waals surface area (Å²) >= 11 is 0.520. The summed E-state index contributed by atoms with van der Waals surface area (Å²) in [5, 5.41) is 3.03. The second-order valence-corrected chi connectivity index (χ2v) is 4.23. The van der Waals surface area contributed by atoms with Gasteiger partial charge in [0.1, 0.15) is 5.76 Å². The van der Waals surface area contributed by atoms with Gasteiger partial charge in [-0.15, -0.1) is 0 Å². The quantitative estimate of drug-likeness (QED) is 0.829. The molecule has 1 aromatic heterocycles. The van der Waals surface area contributed by atoms with Crippen LogP contribution in [0.5, 0.6) is 0 Å². The summed E-state index contributed by atoms with van der Waals surface area (Å²) in [6.45, 7) is 0.417. The Labute approximate surface area is 101 Å². The van der Waals surface area contributed by atoms with Crippen molar-refractivity contribution in [1.29, 1.82) is 0 Å². The summed E-state index contributed by atoms with van der Waals surface area (Å²) in [5.41, 5.74) is 0.661. The van der Waals surface area contributed by atoms with E-state index in [0.717, 1.165) is 0 Å². The van der Waals surface area contributed by atoms with E-state index in [2.05, 4.69) is 10.3 Å². The average Bonchev–Trinajstić information content (AvgIpc) is 2.80. The first-order chi connectivity index (χ1) is 8.25. The van der Waals surface area contributed by atoms with Gasteiger partial charge < -0.3 is 9.73 Å². The lowest BCUT2D eigenvalue weighted by atomic mass is 10.3. The van der Waals surface area contributed by atoms with Crippen molar-refractivity contribution in [3.05, 3.63) is 42.6 Å². The van der Waals surface area contributed by atoms with Gasteiger partial charge in [0.25, 0.3) is 5.76 Å². The molecule has 0 aliphatic rings. The molecule has 0 atom stereocenters. The molecular weight excluding hydrogens is 246 g/mol. The van der Waals surface area contributed by atoms with Crippen LogP contribution in [0.2, 0.25) is 0 Å². The molecule has 2 rings (SSSR count). The maximum Gasteiger partial charge on any atom is 0.288 e. The van der Waals surface area contributed by atoms with Crippen LogP contribution in [0.4, 0.5) is 14.5 Å². The van der Waals surface area contributed by atoms with Crippen LogP contribution in [0.25, 0.3) is 0 Å². The molecule has 0 unspecified atom stereocenters. The molecule has 0 aliphatic carbocycles. The Bertz CT molecular complexity index is 462. The van der Waals surface area contributed by atoms with Gasteiger partial charge in [0.2, 0.25) is 0 Å². The molecule has 2 aromatic rings. The van der Waals surface area contributed by atoms with E-state index in [4.69, 9.17) is 4.42 Å². The Hall–Kier alpha value is -1.56. The van der Waals surface area contributed by atoms with Gasteiger partial charge in [0, 0.05) is 10.6 Å². The molecule has 0 spiro atoms. The summed E-state index contributed by atoms with van der Waals surface area (Å²) in [4.78, 5) is 4.29. The molecule has 90 valence electrons. The Morgan fingerprint density at radius 2 is 2.18 bits per heavy atom. The number of hydrogen-bond acceptors (Lipinski definition) is 4. The number of rotatable bonds is 5. The fraction of sp³-hybridized carbons (Fsp3) is 0.182. The summed E-state index contributed by atoms with van der Waals surface area (Å²) in [7, 11) is 0. The molecule has 1 aromatic carbocycles. The Kier molecular flexibility index (Phi) is 3.98.